The van der Waals surface area contributed by atoms with Gasteiger partial charge in [-0.05, 0) is 89.9 Å². The minimum atomic E-state index is -0.665. The number of allylic oxidation sites excluding steroid dienone is 8. The maximum absolute atomic E-state index is 12.5. The van der Waals surface area contributed by atoms with Gasteiger partial charge in [0.05, 0.1) is 25.4 Å². The molecule has 0 saturated carbocycles. The summed E-state index contributed by atoms with van der Waals surface area (Å²) in [6, 6.07) is -0.542. The number of nitrogens with one attached hydrogen (secondary N) is 1. The number of rotatable bonds is 61. The van der Waals surface area contributed by atoms with Gasteiger partial charge in [-0.1, -0.05) is 294 Å². The minimum Gasteiger partial charge on any atom is -0.466 e. The van der Waals surface area contributed by atoms with Crippen molar-refractivity contribution in [3.05, 3.63) is 48.6 Å². The van der Waals surface area contributed by atoms with Crippen molar-refractivity contribution in [2.75, 3.05) is 13.2 Å². The van der Waals surface area contributed by atoms with Crippen LogP contribution in [0.15, 0.2) is 48.6 Å². The Morgan fingerprint density at radius 1 is 0.378 bits per heavy atom. The number of ether oxygens (including phenoxy) is 1. The molecule has 434 valence electrons. The molecule has 0 spiro atoms. The van der Waals surface area contributed by atoms with E-state index >= 15 is 0 Å². The van der Waals surface area contributed by atoms with E-state index in [-0.39, 0.29) is 18.5 Å². The molecule has 0 fully saturated rings. The number of aliphatic hydroxyl groups is 2. The maximum atomic E-state index is 12.5. The summed E-state index contributed by atoms with van der Waals surface area (Å²) < 4.78 is 5.48. The van der Waals surface area contributed by atoms with Gasteiger partial charge in [0, 0.05) is 12.8 Å². The van der Waals surface area contributed by atoms with E-state index in [1.54, 1.807) is 0 Å². The normalized spacial score (nSPS) is 12.9. The molecule has 0 aliphatic rings. The minimum absolute atomic E-state index is 0.00219. The summed E-state index contributed by atoms with van der Waals surface area (Å²) in [6.07, 6.45) is 81.4. The van der Waals surface area contributed by atoms with E-state index in [2.05, 4.69) is 67.8 Å². The fourth-order valence-corrected chi connectivity index (χ4v) is 10.1. The van der Waals surface area contributed by atoms with Crippen molar-refractivity contribution in [3.63, 3.8) is 0 Å². The number of unbranched alkanes of at least 4 members (excludes halogenated alkanes) is 42. The Morgan fingerprint density at radius 3 is 1.05 bits per heavy atom. The Bertz CT molecular complexity index is 1240. The lowest BCUT2D eigenvalue weighted by Crippen LogP contribution is -2.45. The molecule has 0 aromatic heterocycles. The molecule has 74 heavy (non-hydrogen) atoms. The Labute approximate surface area is 461 Å². The smallest absolute Gasteiger partial charge is 0.305 e. The Balaban J connectivity index is 3.40. The predicted octanol–water partition coefficient (Wildman–Crippen LogP) is 20.9. The topological polar surface area (TPSA) is 95.9 Å². The maximum Gasteiger partial charge on any atom is 0.305 e. The van der Waals surface area contributed by atoms with Crippen molar-refractivity contribution < 1.29 is 24.5 Å². The van der Waals surface area contributed by atoms with Crippen LogP contribution in [0.3, 0.4) is 0 Å². The molecule has 6 heteroatoms. The number of esters is 1. The summed E-state index contributed by atoms with van der Waals surface area (Å²) in [4.78, 5) is 24.5. The lowest BCUT2D eigenvalue weighted by atomic mass is 10.0. The highest BCUT2D eigenvalue weighted by Crippen LogP contribution is 2.17. The first-order chi connectivity index (χ1) is 36.5. The summed E-state index contributed by atoms with van der Waals surface area (Å²) >= 11 is 0. The molecular weight excluding hydrogens is 911 g/mol. The summed E-state index contributed by atoms with van der Waals surface area (Å²) in [6.45, 7) is 4.93. The van der Waals surface area contributed by atoms with Crippen LogP contribution in [-0.2, 0) is 14.3 Å². The van der Waals surface area contributed by atoms with Crippen LogP contribution in [-0.4, -0.2) is 47.4 Å². The first-order valence-corrected chi connectivity index (χ1v) is 32.9. The van der Waals surface area contributed by atoms with Crippen LogP contribution >= 0.6 is 0 Å². The second-order valence-corrected chi connectivity index (χ2v) is 22.4. The van der Waals surface area contributed by atoms with Crippen molar-refractivity contribution >= 4 is 11.9 Å². The molecule has 0 radical (unpaired) electrons. The number of aliphatic hydroxyl groups excluding tert-OH is 2. The van der Waals surface area contributed by atoms with Gasteiger partial charge in [-0.15, -0.1) is 0 Å². The van der Waals surface area contributed by atoms with Crippen LogP contribution in [0, 0.1) is 0 Å². The lowest BCUT2D eigenvalue weighted by molar-refractivity contribution is -0.143. The van der Waals surface area contributed by atoms with Gasteiger partial charge in [0.1, 0.15) is 0 Å². The molecule has 0 bridgehead atoms. The van der Waals surface area contributed by atoms with Crippen LogP contribution in [0.1, 0.15) is 348 Å². The zero-order valence-corrected chi connectivity index (χ0v) is 49.6. The van der Waals surface area contributed by atoms with Crippen molar-refractivity contribution in [2.24, 2.45) is 0 Å². The fraction of sp³-hybridized carbons (Fsp3) is 0.853. The number of hydrogen-bond acceptors (Lipinski definition) is 5. The molecule has 2 atom stereocenters. The highest BCUT2D eigenvalue weighted by molar-refractivity contribution is 5.76. The zero-order chi connectivity index (χ0) is 53.6. The van der Waals surface area contributed by atoms with Gasteiger partial charge in [0.2, 0.25) is 5.91 Å². The van der Waals surface area contributed by atoms with E-state index in [0.29, 0.717) is 25.9 Å². The summed E-state index contributed by atoms with van der Waals surface area (Å²) in [5.41, 5.74) is 0. The standard InChI is InChI=1S/C68H127NO5/c1-3-5-7-9-11-13-15-17-33-38-42-46-50-54-58-62-68(73)74-63-59-55-51-47-43-39-35-32-30-28-26-24-22-20-18-19-21-23-25-27-29-31-34-37-41-45-49-53-57-61-67(72)69-65(64-70)66(71)60-56-52-48-44-40-36-16-14-12-10-8-6-4-2/h11,13,17-18,20,24,26,33,65-66,70-71H,3-10,12,14-16,19,21-23,25,27-32,34-64H2,1-2H3,(H,69,72)/b13-11-,20-18-,26-24-,33-17-. The number of hydrogen-bond donors (Lipinski definition) is 3. The first kappa shape index (κ1) is 71.8. The van der Waals surface area contributed by atoms with E-state index in [9.17, 15) is 19.8 Å². The van der Waals surface area contributed by atoms with E-state index < -0.39 is 12.1 Å². The molecular formula is C68H127NO5. The summed E-state index contributed by atoms with van der Waals surface area (Å²) in [5, 5.41) is 23.3. The Kier molecular flexibility index (Phi) is 61.5. The molecule has 0 aromatic rings. The summed E-state index contributed by atoms with van der Waals surface area (Å²) in [7, 11) is 0. The van der Waals surface area contributed by atoms with Crippen LogP contribution < -0.4 is 5.32 Å². The monoisotopic (exact) mass is 1040 g/mol. The molecule has 2 unspecified atom stereocenters. The largest absolute Gasteiger partial charge is 0.466 e. The number of amides is 1. The van der Waals surface area contributed by atoms with Gasteiger partial charge in [0.15, 0.2) is 0 Å². The molecule has 0 heterocycles. The van der Waals surface area contributed by atoms with E-state index in [0.717, 1.165) is 57.8 Å². The van der Waals surface area contributed by atoms with Crippen LogP contribution in [0.25, 0.3) is 0 Å². The van der Waals surface area contributed by atoms with Crippen molar-refractivity contribution in [3.8, 4) is 0 Å². The molecule has 0 rings (SSSR count). The molecule has 0 aliphatic heterocycles. The van der Waals surface area contributed by atoms with Gasteiger partial charge in [-0.2, -0.15) is 0 Å². The van der Waals surface area contributed by atoms with Gasteiger partial charge in [-0.3, -0.25) is 9.59 Å². The Morgan fingerprint density at radius 2 is 0.676 bits per heavy atom. The second kappa shape index (κ2) is 63.4. The Hall–Kier alpha value is -2.18. The third-order valence-corrected chi connectivity index (χ3v) is 15.1. The third-order valence-electron chi connectivity index (χ3n) is 15.1. The van der Waals surface area contributed by atoms with E-state index in [1.807, 2.05) is 0 Å². The van der Waals surface area contributed by atoms with E-state index in [1.165, 1.54) is 257 Å². The number of carbonyl (C=O) groups excluding carboxylic acids is 2. The average Bonchev–Trinajstić information content (AvgIpc) is 3.40. The molecule has 6 nitrogen and oxygen atoms in total. The molecule has 1 amide bonds. The van der Waals surface area contributed by atoms with Gasteiger partial charge >= 0.3 is 5.97 Å². The van der Waals surface area contributed by atoms with Gasteiger partial charge < -0.3 is 20.3 Å². The zero-order valence-electron chi connectivity index (χ0n) is 49.6. The third kappa shape index (κ3) is 59.1. The lowest BCUT2D eigenvalue weighted by Gasteiger charge is -2.22. The van der Waals surface area contributed by atoms with Crippen molar-refractivity contribution in [1.82, 2.24) is 5.32 Å². The molecule has 0 saturated heterocycles. The first-order valence-electron chi connectivity index (χ1n) is 32.9. The highest BCUT2D eigenvalue weighted by Gasteiger charge is 2.20. The molecule has 3 N–H and O–H groups in total. The van der Waals surface area contributed by atoms with Gasteiger partial charge in [-0.25, -0.2) is 0 Å². The molecule has 0 aromatic carbocycles. The molecule has 0 aliphatic carbocycles. The van der Waals surface area contributed by atoms with Crippen LogP contribution in [0.4, 0.5) is 0 Å². The van der Waals surface area contributed by atoms with Crippen molar-refractivity contribution in [2.45, 2.75) is 360 Å². The second-order valence-electron chi connectivity index (χ2n) is 22.4. The van der Waals surface area contributed by atoms with Crippen molar-refractivity contribution in [1.29, 1.82) is 0 Å². The number of carbonyl (C=O) groups is 2. The van der Waals surface area contributed by atoms with Crippen LogP contribution in [0.2, 0.25) is 0 Å². The summed E-state index contributed by atoms with van der Waals surface area (Å²) in [5.74, 6) is -0.0376. The van der Waals surface area contributed by atoms with Gasteiger partial charge in [0.25, 0.3) is 0 Å². The predicted molar refractivity (Wildman–Crippen MR) is 324 cm³/mol. The SMILES string of the molecule is CCCCC/C=C\C/C=C\CCCCCCCC(=O)OCCCCCCCCCCC/C=C\C/C=C\CCCCCCCCCCCCCCCC(=O)NC(CO)C(O)CCCCCCCCCCCCCCC. The fourth-order valence-electron chi connectivity index (χ4n) is 10.1. The van der Waals surface area contributed by atoms with Crippen LogP contribution in [0.5, 0.6) is 0 Å². The average molecular weight is 1040 g/mol. The quantitative estimate of drug-likeness (QED) is 0.0320. The van der Waals surface area contributed by atoms with E-state index in [4.69, 9.17) is 4.74 Å². The highest BCUT2D eigenvalue weighted by atomic mass is 16.5.